The molecule has 3 heterocycles. The molecule has 1 aromatic heterocycles. The third kappa shape index (κ3) is 2.13. The van der Waals surface area contributed by atoms with Crippen LogP contribution in [0.1, 0.15) is 12.8 Å². The van der Waals surface area contributed by atoms with Gasteiger partial charge in [-0.25, -0.2) is 0 Å². The summed E-state index contributed by atoms with van der Waals surface area (Å²) in [6.45, 7) is 5.88. The molecule has 2 aliphatic rings. The van der Waals surface area contributed by atoms with Crippen LogP contribution in [-0.4, -0.2) is 46.9 Å². The molecule has 1 aromatic rings. The van der Waals surface area contributed by atoms with E-state index in [0.29, 0.717) is 0 Å². The molecule has 0 aromatic carbocycles. The Hall–Kier alpha value is -0.870. The van der Waals surface area contributed by atoms with E-state index in [4.69, 9.17) is 0 Å². The van der Waals surface area contributed by atoms with Gasteiger partial charge in [0, 0.05) is 38.1 Å². The number of piperidine rings is 1. The Labute approximate surface area is 96.6 Å². The Morgan fingerprint density at radius 1 is 1.31 bits per heavy atom. The first-order valence-corrected chi connectivity index (χ1v) is 6.35. The van der Waals surface area contributed by atoms with E-state index in [9.17, 15) is 0 Å². The molecule has 16 heavy (non-hydrogen) atoms. The van der Waals surface area contributed by atoms with Crippen molar-refractivity contribution in [3.63, 3.8) is 0 Å². The number of likely N-dealkylation sites (tertiary alicyclic amines) is 1. The predicted octanol–water partition coefficient (Wildman–Crippen LogP) is 0.567. The zero-order chi connectivity index (χ0) is 10.8. The van der Waals surface area contributed by atoms with Gasteiger partial charge < -0.3 is 5.32 Å². The lowest BCUT2D eigenvalue weighted by atomic mass is 9.94. The number of nitrogens with zero attached hydrogens (tertiary/aromatic N) is 3. The first-order valence-electron chi connectivity index (χ1n) is 6.35. The van der Waals surface area contributed by atoms with E-state index in [1.165, 1.54) is 32.5 Å². The molecule has 0 amide bonds. The average Bonchev–Trinajstić information content (AvgIpc) is 2.95. The van der Waals surface area contributed by atoms with Crippen LogP contribution >= 0.6 is 0 Å². The molecule has 2 atom stereocenters. The molecule has 2 aliphatic heterocycles. The van der Waals surface area contributed by atoms with Crippen molar-refractivity contribution in [1.82, 2.24) is 20.0 Å². The smallest absolute Gasteiger partial charge is 0.0536 e. The van der Waals surface area contributed by atoms with Gasteiger partial charge in [-0.15, -0.1) is 0 Å². The van der Waals surface area contributed by atoms with Gasteiger partial charge in [0.15, 0.2) is 0 Å². The van der Waals surface area contributed by atoms with Crippen LogP contribution in [0, 0.1) is 5.92 Å². The Morgan fingerprint density at radius 3 is 3.12 bits per heavy atom. The molecule has 3 rings (SSSR count). The lowest BCUT2D eigenvalue weighted by Crippen LogP contribution is -2.40. The summed E-state index contributed by atoms with van der Waals surface area (Å²) in [5.41, 5.74) is 0. The van der Waals surface area contributed by atoms with Crippen LogP contribution in [0.4, 0.5) is 0 Å². The highest BCUT2D eigenvalue weighted by Crippen LogP contribution is 2.24. The summed E-state index contributed by atoms with van der Waals surface area (Å²) < 4.78 is 2.02. The van der Waals surface area contributed by atoms with Gasteiger partial charge in [0.2, 0.25) is 0 Å². The summed E-state index contributed by atoms with van der Waals surface area (Å²) in [5.74, 6) is 0.895. The summed E-state index contributed by atoms with van der Waals surface area (Å²) in [6, 6.07) is 2.75. The zero-order valence-corrected chi connectivity index (χ0v) is 9.68. The van der Waals surface area contributed by atoms with Crippen molar-refractivity contribution in [3.05, 3.63) is 18.5 Å². The second kappa shape index (κ2) is 4.55. The largest absolute Gasteiger partial charge is 0.312 e. The molecule has 0 radical (unpaired) electrons. The third-order valence-corrected chi connectivity index (χ3v) is 3.88. The van der Waals surface area contributed by atoms with Crippen molar-refractivity contribution in [2.75, 3.05) is 26.2 Å². The monoisotopic (exact) mass is 220 g/mol. The van der Waals surface area contributed by atoms with E-state index in [1.807, 2.05) is 23.1 Å². The molecule has 2 unspecified atom stereocenters. The normalized spacial score (nSPS) is 30.5. The SMILES string of the molecule is c1cnn(CCN2CC3CCCNC3C2)c1. The van der Waals surface area contributed by atoms with Crippen molar-refractivity contribution in [2.24, 2.45) is 5.92 Å². The summed E-state index contributed by atoms with van der Waals surface area (Å²) in [4.78, 5) is 2.58. The highest BCUT2D eigenvalue weighted by Gasteiger charge is 2.33. The maximum absolute atomic E-state index is 4.24. The van der Waals surface area contributed by atoms with E-state index in [-0.39, 0.29) is 0 Å². The average molecular weight is 220 g/mol. The number of hydrogen-bond donors (Lipinski definition) is 1. The maximum Gasteiger partial charge on any atom is 0.0536 e. The van der Waals surface area contributed by atoms with Gasteiger partial charge in [0.25, 0.3) is 0 Å². The van der Waals surface area contributed by atoms with Gasteiger partial charge in [-0.2, -0.15) is 5.10 Å². The van der Waals surface area contributed by atoms with Gasteiger partial charge >= 0.3 is 0 Å². The first kappa shape index (κ1) is 10.3. The minimum absolute atomic E-state index is 0.756. The highest BCUT2D eigenvalue weighted by atomic mass is 15.3. The molecule has 0 aliphatic carbocycles. The van der Waals surface area contributed by atoms with Crippen LogP contribution in [0.3, 0.4) is 0 Å². The van der Waals surface area contributed by atoms with E-state index >= 15 is 0 Å². The van der Waals surface area contributed by atoms with Crippen LogP contribution in [0.2, 0.25) is 0 Å². The second-order valence-electron chi connectivity index (χ2n) is 4.99. The van der Waals surface area contributed by atoms with Crippen molar-refractivity contribution >= 4 is 0 Å². The number of hydrogen-bond acceptors (Lipinski definition) is 3. The minimum Gasteiger partial charge on any atom is -0.312 e. The molecule has 0 bridgehead atoms. The van der Waals surface area contributed by atoms with Gasteiger partial charge in [-0.3, -0.25) is 9.58 Å². The molecular weight excluding hydrogens is 200 g/mol. The maximum atomic E-state index is 4.24. The summed E-state index contributed by atoms with van der Waals surface area (Å²) in [6.07, 6.45) is 6.66. The van der Waals surface area contributed by atoms with Crippen LogP contribution < -0.4 is 5.32 Å². The van der Waals surface area contributed by atoms with Gasteiger partial charge in [0.05, 0.1) is 6.54 Å². The van der Waals surface area contributed by atoms with Gasteiger partial charge in [0.1, 0.15) is 0 Å². The molecule has 4 heteroatoms. The number of fused-ring (bicyclic) bond motifs is 1. The van der Waals surface area contributed by atoms with Crippen molar-refractivity contribution in [1.29, 1.82) is 0 Å². The van der Waals surface area contributed by atoms with Gasteiger partial charge in [-0.1, -0.05) is 0 Å². The van der Waals surface area contributed by atoms with Crippen molar-refractivity contribution < 1.29 is 0 Å². The standard InChI is InChI=1S/C12H20N4/c1-3-11-9-15(10-12(11)13-4-1)7-8-16-6-2-5-14-16/h2,5-6,11-13H,1,3-4,7-10H2. The van der Waals surface area contributed by atoms with Crippen LogP contribution in [0.5, 0.6) is 0 Å². The quantitative estimate of drug-likeness (QED) is 0.808. The molecular formula is C12H20N4. The van der Waals surface area contributed by atoms with E-state index in [1.54, 1.807) is 0 Å². The third-order valence-electron chi connectivity index (χ3n) is 3.88. The van der Waals surface area contributed by atoms with Gasteiger partial charge in [-0.05, 0) is 31.4 Å². The molecule has 0 saturated carbocycles. The molecule has 4 nitrogen and oxygen atoms in total. The Morgan fingerprint density at radius 2 is 2.31 bits per heavy atom. The van der Waals surface area contributed by atoms with E-state index in [2.05, 4.69) is 15.3 Å². The summed E-state index contributed by atoms with van der Waals surface area (Å²) >= 11 is 0. The lowest BCUT2D eigenvalue weighted by molar-refractivity contribution is 0.301. The first-order chi connectivity index (χ1) is 7.92. The predicted molar refractivity (Wildman–Crippen MR) is 63.2 cm³/mol. The van der Waals surface area contributed by atoms with Crippen LogP contribution in [-0.2, 0) is 6.54 Å². The van der Waals surface area contributed by atoms with E-state index < -0.39 is 0 Å². The number of nitrogens with one attached hydrogen (secondary N) is 1. The fraction of sp³-hybridized carbons (Fsp3) is 0.750. The Bertz CT molecular complexity index is 308. The molecule has 2 fully saturated rings. The molecule has 2 saturated heterocycles. The summed E-state index contributed by atoms with van der Waals surface area (Å²) in [7, 11) is 0. The Balaban J connectivity index is 1.50. The number of aromatic nitrogens is 2. The molecule has 88 valence electrons. The van der Waals surface area contributed by atoms with Crippen molar-refractivity contribution in [3.8, 4) is 0 Å². The highest BCUT2D eigenvalue weighted by molar-refractivity contribution is 4.91. The topological polar surface area (TPSA) is 33.1 Å². The lowest BCUT2D eigenvalue weighted by Gasteiger charge is -2.24. The van der Waals surface area contributed by atoms with Crippen LogP contribution in [0.15, 0.2) is 18.5 Å². The zero-order valence-electron chi connectivity index (χ0n) is 9.68. The van der Waals surface area contributed by atoms with Crippen LogP contribution in [0.25, 0.3) is 0 Å². The Kier molecular flexibility index (Phi) is 2.93. The molecule has 1 N–H and O–H groups in total. The number of rotatable bonds is 3. The fourth-order valence-electron chi connectivity index (χ4n) is 3.00. The minimum atomic E-state index is 0.756. The molecule has 0 spiro atoms. The second-order valence-corrected chi connectivity index (χ2v) is 4.99. The van der Waals surface area contributed by atoms with Crippen molar-refractivity contribution in [2.45, 2.75) is 25.4 Å². The fourth-order valence-corrected chi connectivity index (χ4v) is 3.00. The summed E-state index contributed by atoms with van der Waals surface area (Å²) in [5, 5.41) is 7.88. The van der Waals surface area contributed by atoms with E-state index in [0.717, 1.165) is 25.0 Å².